The zero-order valence-electron chi connectivity index (χ0n) is 11.1. The van der Waals surface area contributed by atoms with Gasteiger partial charge in [0.1, 0.15) is 0 Å². The van der Waals surface area contributed by atoms with E-state index in [2.05, 4.69) is 0 Å². The largest absolute Gasteiger partial charge is 0.393 e. The third-order valence-corrected chi connectivity index (χ3v) is 3.74. The molecule has 0 aliphatic heterocycles. The first-order valence-electron chi connectivity index (χ1n) is 6.21. The number of amides is 1. The summed E-state index contributed by atoms with van der Waals surface area (Å²) in [7, 11) is 1.66. The first kappa shape index (κ1) is 16.1. The number of hydrogen-bond acceptors (Lipinski definition) is 4. The van der Waals surface area contributed by atoms with E-state index in [0.29, 0.717) is 37.5 Å². The molecule has 19 heavy (non-hydrogen) atoms. The molecule has 0 bridgehead atoms. The molecule has 0 aliphatic rings. The van der Waals surface area contributed by atoms with Gasteiger partial charge >= 0.3 is 0 Å². The van der Waals surface area contributed by atoms with Crippen molar-refractivity contribution in [1.29, 1.82) is 0 Å². The van der Waals surface area contributed by atoms with Gasteiger partial charge in [-0.3, -0.25) is 4.79 Å². The summed E-state index contributed by atoms with van der Waals surface area (Å²) in [6.45, 7) is 1.92. The Labute approximate surface area is 123 Å². The van der Waals surface area contributed by atoms with Crippen molar-refractivity contribution in [2.45, 2.75) is 19.3 Å². The average Bonchev–Trinajstić information content (AvgIpc) is 2.85. The van der Waals surface area contributed by atoms with E-state index in [1.807, 2.05) is 22.4 Å². The molecule has 1 aromatic rings. The molecule has 0 saturated heterocycles. The second-order valence-electron chi connectivity index (χ2n) is 4.20. The average molecular weight is 300 g/mol. The van der Waals surface area contributed by atoms with Crippen LogP contribution in [-0.2, 0) is 16.0 Å². The highest BCUT2D eigenvalue weighted by Crippen LogP contribution is 2.11. The summed E-state index contributed by atoms with van der Waals surface area (Å²) in [5.74, 6) is 0.120. The summed E-state index contributed by atoms with van der Waals surface area (Å²) >= 11 is 6.47. The van der Waals surface area contributed by atoms with Gasteiger partial charge < -0.3 is 15.4 Å². The van der Waals surface area contributed by atoms with Crippen LogP contribution in [0.15, 0.2) is 17.5 Å². The molecule has 0 fully saturated rings. The lowest BCUT2D eigenvalue weighted by Crippen LogP contribution is -2.36. The summed E-state index contributed by atoms with van der Waals surface area (Å²) in [6, 6.07) is 3.93. The lowest BCUT2D eigenvalue weighted by molar-refractivity contribution is -0.130. The third-order valence-electron chi connectivity index (χ3n) is 2.66. The smallest absolute Gasteiger partial charge is 0.227 e. The number of carbonyl (C=O) groups excluding carboxylic acids is 1. The second kappa shape index (κ2) is 9.01. The summed E-state index contributed by atoms with van der Waals surface area (Å²) < 4.78 is 5.02. The maximum atomic E-state index is 12.2. The van der Waals surface area contributed by atoms with Crippen molar-refractivity contribution in [3.63, 3.8) is 0 Å². The number of nitrogens with two attached hydrogens (primary N) is 1. The number of methoxy groups -OCH3 is 1. The molecular formula is C13H20N2O2S2. The number of thiophene rings is 1. The van der Waals surface area contributed by atoms with Crippen molar-refractivity contribution in [1.82, 2.24) is 4.90 Å². The van der Waals surface area contributed by atoms with Crippen LogP contribution in [0.3, 0.4) is 0 Å². The second-order valence-corrected chi connectivity index (χ2v) is 5.76. The molecule has 0 spiro atoms. The number of carbonyl (C=O) groups is 1. The SMILES string of the molecule is COCCCN(CCC(N)=S)C(=O)Cc1cccs1. The Hall–Kier alpha value is -0.980. The van der Waals surface area contributed by atoms with Crippen LogP contribution >= 0.6 is 23.6 Å². The Bertz CT molecular complexity index is 393. The van der Waals surface area contributed by atoms with E-state index in [1.165, 1.54) is 0 Å². The normalized spacial score (nSPS) is 10.4. The topological polar surface area (TPSA) is 55.6 Å². The van der Waals surface area contributed by atoms with Gasteiger partial charge in [-0.15, -0.1) is 11.3 Å². The van der Waals surface area contributed by atoms with Crippen LogP contribution in [0.5, 0.6) is 0 Å². The third kappa shape index (κ3) is 6.66. The number of ether oxygens (including phenoxy) is 1. The van der Waals surface area contributed by atoms with Gasteiger partial charge in [-0.05, 0) is 17.9 Å². The molecule has 2 N–H and O–H groups in total. The fourth-order valence-electron chi connectivity index (χ4n) is 1.68. The molecule has 1 amide bonds. The van der Waals surface area contributed by atoms with Gasteiger partial charge in [-0.25, -0.2) is 0 Å². The molecule has 1 rings (SSSR count). The van der Waals surface area contributed by atoms with Crippen LogP contribution in [0.25, 0.3) is 0 Å². The molecule has 0 aliphatic carbocycles. The van der Waals surface area contributed by atoms with E-state index >= 15 is 0 Å². The highest BCUT2D eigenvalue weighted by Gasteiger charge is 2.14. The lowest BCUT2D eigenvalue weighted by Gasteiger charge is -2.22. The highest BCUT2D eigenvalue weighted by molar-refractivity contribution is 7.80. The molecule has 6 heteroatoms. The predicted molar refractivity (Wildman–Crippen MR) is 82.5 cm³/mol. The molecule has 0 radical (unpaired) electrons. The lowest BCUT2D eigenvalue weighted by atomic mass is 10.2. The fourth-order valence-corrected chi connectivity index (χ4v) is 2.47. The molecular weight excluding hydrogens is 280 g/mol. The van der Waals surface area contributed by atoms with E-state index in [4.69, 9.17) is 22.7 Å². The van der Waals surface area contributed by atoms with Crippen molar-refractivity contribution in [3.8, 4) is 0 Å². The van der Waals surface area contributed by atoms with Gasteiger partial charge in [0.2, 0.25) is 5.91 Å². The first-order valence-corrected chi connectivity index (χ1v) is 7.49. The Balaban J connectivity index is 2.49. The predicted octanol–water partition coefficient (Wildman–Crippen LogP) is 1.83. The first-order chi connectivity index (χ1) is 9.13. The standard InChI is InChI=1S/C13H20N2O2S2/c1-17-8-3-6-15(7-5-12(14)18)13(16)10-11-4-2-9-19-11/h2,4,9H,3,5-8,10H2,1H3,(H2,14,18). The Morgan fingerprint density at radius 1 is 1.53 bits per heavy atom. The minimum atomic E-state index is 0.120. The number of thiocarbonyl (C=S) groups is 1. The zero-order chi connectivity index (χ0) is 14.1. The zero-order valence-corrected chi connectivity index (χ0v) is 12.8. The van der Waals surface area contributed by atoms with E-state index in [9.17, 15) is 4.79 Å². The number of rotatable bonds is 9. The van der Waals surface area contributed by atoms with Gasteiger partial charge in [0.25, 0.3) is 0 Å². The van der Waals surface area contributed by atoms with Gasteiger partial charge in [0.05, 0.1) is 11.4 Å². The monoisotopic (exact) mass is 300 g/mol. The summed E-state index contributed by atoms with van der Waals surface area (Å²) in [4.78, 5) is 15.6. The minimum Gasteiger partial charge on any atom is -0.393 e. The highest BCUT2D eigenvalue weighted by atomic mass is 32.1. The summed E-state index contributed by atoms with van der Waals surface area (Å²) in [5, 5.41) is 1.98. The van der Waals surface area contributed by atoms with Crippen molar-refractivity contribution >= 4 is 34.5 Å². The van der Waals surface area contributed by atoms with Crippen LogP contribution in [0.1, 0.15) is 17.7 Å². The molecule has 0 atom stereocenters. The summed E-state index contributed by atoms with van der Waals surface area (Å²) in [5.41, 5.74) is 5.50. The molecule has 0 saturated carbocycles. The minimum absolute atomic E-state index is 0.120. The maximum Gasteiger partial charge on any atom is 0.227 e. The Morgan fingerprint density at radius 3 is 2.89 bits per heavy atom. The Kier molecular flexibility index (Phi) is 7.62. The van der Waals surface area contributed by atoms with Gasteiger partial charge in [0, 0.05) is 38.1 Å². The number of nitrogens with zero attached hydrogens (tertiary/aromatic N) is 1. The van der Waals surface area contributed by atoms with Gasteiger partial charge in [-0.2, -0.15) is 0 Å². The van der Waals surface area contributed by atoms with Crippen molar-refractivity contribution in [2.24, 2.45) is 5.73 Å². The van der Waals surface area contributed by atoms with Crippen LogP contribution in [0.4, 0.5) is 0 Å². The van der Waals surface area contributed by atoms with Crippen LogP contribution < -0.4 is 5.73 Å². The van der Waals surface area contributed by atoms with Crippen molar-refractivity contribution in [3.05, 3.63) is 22.4 Å². The van der Waals surface area contributed by atoms with Crippen LogP contribution in [-0.4, -0.2) is 42.6 Å². The van der Waals surface area contributed by atoms with E-state index in [1.54, 1.807) is 18.4 Å². The maximum absolute atomic E-state index is 12.2. The summed E-state index contributed by atoms with van der Waals surface area (Å²) in [6.07, 6.45) is 1.84. The van der Waals surface area contributed by atoms with Crippen molar-refractivity contribution < 1.29 is 9.53 Å². The number of hydrogen-bond donors (Lipinski definition) is 1. The van der Waals surface area contributed by atoms with Crippen LogP contribution in [0.2, 0.25) is 0 Å². The van der Waals surface area contributed by atoms with Crippen molar-refractivity contribution in [2.75, 3.05) is 26.8 Å². The van der Waals surface area contributed by atoms with Crippen LogP contribution in [0, 0.1) is 0 Å². The quantitative estimate of drug-likeness (QED) is 0.558. The van der Waals surface area contributed by atoms with E-state index in [0.717, 1.165) is 11.3 Å². The van der Waals surface area contributed by atoms with E-state index < -0.39 is 0 Å². The fraction of sp³-hybridized carbons (Fsp3) is 0.538. The molecule has 1 aromatic heterocycles. The van der Waals surface area contributed by atoms with Gasteiger partial charge in [-0.1, -0.05) is 18.3 Å². The Morgan fingerprint density at radius 2 is 2.32 bits per heavy atom. The molecule has 0 unspecified atom stereocenters. The van der Waals surface area contributed by atoms with E-state index in [-0.39, 0.29) is 5.91 Å². The van der Waals surface area contributed by atoms with Gasteiger partial charge in [0.15, 0.2) is 0 Å². The molecule has 4 nitrogen and oxygen atoms in total. The molecule has 1 heterocycles. The molecule has 106 valence electrons. The molecule has 0 aromatic carbocycles.